The number of rotatable bonds is 21. The first-order valence-electron chi connectivity index (χ1n) is 18.1. The monoisotopic (exact) mass is 778 g/mol. The first-order chi connectivity index (χ1) is 26.8. The lowest BCUT2D eigenvalue weighted by Gasteiger charge is -2.25. The summed E-state index contributed by atoms with van der Waals surface area (Å²) >= 11 is 0. The quantitative estimate of drug-likeness (QED) is 0.0754. The van der Waals surface area contributed by atoms with E-state index in [0.29, 0.717) is 11.3 Å². The number of carbonyl (C=O) groups is 6. The first kappa shape index (κ1) is 44.3. The number of amides is 2. The van der Waals surface area contributed by atoms with E-state index < -0.39 is 79.3 Å². The molecule has 1 unspecified atom stereocenters. The van der Waals surface area contributed by atoms with Crippen LogP contribution in [0.15, 0.2) is 84.9 Å². The molecule has 0 heterocycles. The van der Waals surface area contributed by atoms with Gasteiger partial charge in [0.05, 0.1) is 33.0 Å². The average molecular weight is 779 g/mol. The summed E-state index contributed by atoms with van der Waals surface area (Å²) in [6.07, 6.45) is -4.38. The molecule has 2 amide bonds. The molecule has 3 atom stereocenters. The lowest BCUT2D eigenvalue weighted by Crippen LogP contribution is -2.47. The van der Waals surface area contributed by atoms with Gasteiger partial charge in [0.2, 0.25) is 0 Å². The summed E-state index contributed by atoms with van der Waals surface area (Å²) < 4.78 is 37.1. The summed E-state index contributed by atoms with van der Waals surface area (Å²) in [4.78, 5) is 76.8. The Hall–Kier alpha value is -6.12. The fourth-order valence-corrected chi connectivity index (χ4v) is 4.84. The van der Waals surface area contributed by atoms with Crippen LogP contribution < -0.4 is 15.4 Å². The van der Waals surface area contributed by atoms with Gasteiger partial charge in [-0.15, -0.1) is 0 Å². The number of esters is 4. The molecule has 56 heavy (non-hydrogen) atoms. The number of hydrogen-bond donors (Lipinski definition) is 2. The molecule has 0 radical (unpaired) electrons. The van der Waals surface area contributed by atoms with Crippen molar-refractivity contribution in [2.75, 3.05) is 13.7 Å². The molecule has 3 aromatic carbocycles. The second kappa shape index (κ2) is 23.6. The topological polar surface area (TPSA) is 191 Å². The van der Waals surface area contributed by atoms with Gasteiger partial charge in [-0.05, 0) is 40.7 Å². The normalized spacial score (nSPS) is 12.3. The highest BCUT2D eigenvalue weighted by Crippen LogP contribution is 2.15. The van der Waals surface area contributed by atoms with E-state index in [4.69, 9.17) is 33.2 Å². The van der Waals surface area contributed by atoms with Crippen molar-refractivity contribution in [1.29, 1.82) is 0 Å². The van der Waals surface area contributed by atoms with Gasteiger partial charge in [-0.25, -0.2) is 19.2 Å². The fourth-order valence-electron chi connectivity index (χ4n) is 4.84. The van der Waals surface area contributed by atoms with Gasteiger partial charge in [0.1, 0.15) is 37.7 Å². The zero-order valence-electron chi connectivity index (χ0n) is 32.2. The number of carbonyl (C=O) groups excluding carboxylic acids is 6. The molecule has 0 fully saturated rings. The number of alkyl carbamates (subject to hydrolysis) is 2. The van der Waals surface area contributed by atoms with Gasteiger partial charge < -0.3 is 43.8 Å². The Morgan fingerprint density at radius 3 is 1.50 bits per heavy atom. The van der Waals surface area contributed by atoms with Crippen LogP contribution in [-0.4, -0.2) is 68.2 Å². The Kier molecular flexibility index (Phi) is 18.7. The van der Waals surface area contributed by atoms with Gasteiger partial charge in [-0.2, -0.15) is 0 Å². The molecule has 3 aromatic rings. The predicted octanol–water partition coefficient (Wildman–Crippen LogP) is 5.77. The van der Waals surface area contributed by atoms with E-state index >= 15 is 0 Å². The maximum Gasteiger partial charge on any atom is 0.408 e. The maximum absolute atomic E-state index is 13.4. The van der Waals surface area contributed by atoms with Crippen molar-refractivity contribution in [2.24, 2.45) is 11.8 Å². The first-order valence-corrected chi connectivity index (χ1v) is 18.1. The molecule has 0 spiro atoms. The minimum absolute atomic E-state index is 0.0116. The van der Waals surface area contributed by atoms with Crippen LogP contribution in [0.25, 0.3) is 0 Å². The molecule has 2 N–H and O–H groups in total. The molecular weight excluding hydrogens is 728 g/mol. The Balaban J connectivity index is 1.60. The second-order valence-electron chi connectivity index (χ2n) is 13.2. The zero-order valence-corrected chi connectivity index (χ0v) is 32.2. The predicted molar refractivity (Wildman–Crippen MR) is 200 cm³/mol. The summed E-state index contributed by atoms with van der Waals surface area (Å²) in [6, 6.07) is 22.5. The van der Waals surface area contributed by atoms with E-state index in [0.717, 1.165) is 11.1 Å². The van der Waals surface area contributed by atoms with Gasteiger partial charge in [-0.1, -0.05) is 100 Å². The van der Waals surface area contributed by atoms with Crippen LogP contribution in [0, 0.1) is 11.8 Å². The van der Waals surface area contributed by atoms with Crippen LogP contribution in [0.5, 0.6) is 5.75 Å². The van der Waals surface area contributed by atoms with Crippen LogP contribution in [-0.2, 0) is 67.4 Å². The maximum atomic E-state index is 13.4. The molecule has 0 saturated carbocycles. The second-order valence-corrected chi connectivity index (χ2v) is 13.2. The lowest BCUT2D eigenvalue weighted by atomic mass is 10.1. The third kappa shape index (κ3) is 16.5. The largest absolute Gasteiger partial charge is 0.497 e. The van der Waals surface area contributed by atoms with Crippen LogP contribution in [0.4, 0.5) is 9.59 Å². The van der Waals surface area contributed by atoms with Gasteiger partial charge in [-0.3, -0.25) is 9.59 Å². The van der Waals surface area contributed by atoms with Crippen molar-refractivity contribution in [3.63, 3.8) is 0 Å². The summed E-state index contributed by atoms with van der Waals surface area (Å²) in [6.45, 7) is 6.22. The van der Waals surface area contributed by atoms with E-state index in [1.165, 1.54) is 7.11 Å². The number of hydrogen-bond acceptors (Lipinski definition) is 13. The number of nitrogens with one attached hydrogen (secondary N) is 2. The van der Waals surface area contributed by atoms with Crippen molar-refractivity contribution in [2.45, 2.75) is 85.2 Å². The number of benzene rings is 3. The van der Waals surface area contributed by atoms with Crippen LogP contribution >= 0.6 is 0 Å². The highest BCUT2D eigenvalue weighted by Gasteiger charge is 2.31. The highest BCUT2D eigenvalue weighted by molar-refractivity contribution is 5.83. The van der Waals surface area contributed by atoms with Crippen molar-refractivity contribution in [3.8, 4) is 5.75 Å². The smallest absolute Gasteiger partial charge is 0.408 e. The molecule has 3 rings (SSSR count). The van der Waals surface area contributed by atoms with Gasteiger partial charge in [0, 0.05) is 0 Å². The number of methoxy groups -OCH3 is 1. The third-order valence-corrected chi connectivity index (χ3v) is 8.01. The molecule has 15 heteroatoms. The average Bonchev–Trinajstić information content (AvgIpc) is 3.19. The van der Waals surface area contributed by atoms with Crippen LogP contribution in [0.1, 0.15) is 63.6 Å². The molecule has 15 nitrogen and oxygen atoms in total. The Morgan fingerprint density at radius 2 is 1.00 bits per heavy atom. The van der Waals surface area contributed by atoms with Crippen molar-refractivity contribution in [3.05, 3.63) is 102 Å². The summed E-state index contributed by atoms with van der Waals surface area (Å²) in [5, 5.41) is 4.98. The summed E-state index contributed by atoms with van der Waals surface area (Å²) in [7, 11) is 1.53. The van der Waals surface area contributed by atoms with E-state index in [2.05, 4.69) is 10.6 Å². The molecule has 302 valence electrons. The van der Waals surface area contributed by atoms with E-state index in [-0.39, 0.29) is 32.7 Å². The molecule has 0 aliphatic heterocycles. The molecule has 0 aliphatic rings. The highest BCUT2D eigenvalue weighted by atomic mass is 16.7. The van der Waals surface area contributed by atoms with E-state index in [1.54, 1.807) is 100 Å². The van der Waals surface area contributed by atoms with Gasteiger partial charge in [0.25, 0.3) is 6.29 Å². The Morgan fingerprint density at radius 1 is 0.536 bits per heavy atom. The standard InChI is InChI=1S/C41H50N2O13/c1-27(2)36(42-40(48)53-25-29-12-8-6-9-13-29)38(46)51-23-22-35(55-34(45)21-20-33(44)52-24-31-16-18-32(50-5)19-17-31)56-39(47)37(28(3)4)43-41(49)54-26-30-14-10-7-11-15-30/h6-19,27-28,35-37H,20-26H2,1-5H3,(H,42,48)(H,43,49)/t35?,36-,37-/m0/s1. The molecule has 0 aliphatic carbocycles. The number of ether oxygens (including phenoxy) is 7. The van der Waals surface area contributed by atoms with Crippen LogP contribution in [0.3, 0.4) is 0 Å². The minimum Gasteiger partial charge on any atom is -0.497 e. The summed E-state index contributed by atoms with van der Waals surface area (Å²) in [5.41, 5.74) is 2.20. The Labute approximate surface area is 326 Å². The summed E-state index contributed by atoms with van der Waals surface area (Å²) in [5.74, 6) is -3.59. The molecule has 0 saturated heterocycles. The van der Waals surface area contributed by atoms with Crippen molar-refractivity contribution >= 4 is 36.1 Å². The minimum atomic E-state index is -1.59. The third-order valence-electron chi connectivity index (χ3n) is 8.01. The van der Waals surface area contributed by atoms with E-state index in [1.807, 2.05) is 12.1 Å². The SMILES string of the molecule is COc1ccc(COC(=O)CCC(=O)OC(CCOC(=O)[C@@H](NC(=O)OCc2ccccc2)C(C)C)OC(=O)[C@@H](NC(=O)OCc2ccccc2)C(C)C)cc1. The molecule has 0 bridgehead atoms. The van der Waals surface area contributed by atoms with Crippen molar-refractivity contribution < 1.29 is 61.9 Å². The fraction of sp³-hybridized carbons (Fsp3) is 0.415. The van der Waals surface area contributed by atoms with E-state index in [9.17, 15) is 28.8 Å². The van der Waals surface area contributed by atoms with Crippen molar-refractivity contribution in [1.82, 2.24) is 10.6 Å². The van der Waals surface area contributed by atoms with Gasteiger partial charge in [0.15, 0.2) is 0 Å². The molecular formula is C41H50N2O13. The lowest BCUT2D eigenvalue weighted by molar-refractivity contribution is -0.193. The Bertz CT molecular complexity index is 1700. The van der Waals surface area contributed by atoms with Gasteiger partial charge >= 0.3 is 36.1 Å². The van der Waals surface area contributed by atoms with Crippen LogP contribution in [0.2, 0.25) is 0 Å². The zero-order chi connectivity index (χ0) is 40.9. The molecule has 0 aromatic heterocycles.